The normalized spacial score (nSPS) is 11.2. The second-order valence-electron chi connectivity index (χ2n) is 5.35. The molecule has 0 saturated carbocycles. The number of nitro benzene ring substituents is 1. The Morgan fingerprint density at radius 3 is 2.25 bits per heavy atom. The van der Waals surface area contributed by atoms with Crippen molar-refractivity contribution in [3.63, 3.8) is 0 Å². The number of nitrogens with zero attached hydrogens (tertiary/aromatic N) is 2. The molecule has 0 bridgehead atoms. The molecule has 7 nitrogen and oxygen atoms in total. The average Bonchev–Trinajstić information content (AvgIpc) is 2.49. The van der Waals surface area contributed by atoms with E-state index >= 15 is 0 Å². The van der Waals surface area contributed by atoms with Crippen molar-refractivity contribution >= 4 is 38.7 Å². The van der Waals surface area contributed by atoms with Gasteiger partial charge in [-0.25, -0.2) is 8.42 Å². The smallest absolute Gasteiger partial charge is 0.275 e. The van der Waals surface area contributed by atoms with Gasteiger partial charge in [0.1, 0.15) is 0 Å². The molecule has 2 rings (SSSR count). The lowest BCUT2D eigenvalue weighted by Gasteiger charge is -2.14. The Morgan fingerprint density at radius 2 is 1.75 bits per heavy atom. The summed E-state index contributed by atoms with van der Waals surface area (Å²) in [6.45, 7) is 1.46. The molecule has 0 amide bonds. The third-order valence-electron chi connectivity index (χ3n) is 3.43. The van der Waals surface area contributed by atoms with Gasteiger partial charge in [-0.3, -0.25) is 14.8 Å². The van der Waals surface area contributed by atoms with Crippen LogP contribution in [0.5, 0.6) is 0 Å². The summed E-state index contributed by atoms with van der Waals surface area (Å²) in [6, 6.07) is 8.91. The van der Waals surface area contributed by atoms with Gasteiger partial charge in [0.2, 0.25) is 0 Å². The molecule has 2 aromatic carbocycles. The number of benzene rings is 2. The van der Waals surface area contributed by atoms with E-state index in [0.717, 1.165) is 11.8 Å². The van der Waals surface area contributed by atoms with Gasteiger partial charge in [-0.2, -0.15) is 0 Å². The van der Waals surface area contributed by atoms with E-state index in [2.05, 4.69) is 4.72 Å². The Kier molecular flexibility index (Phi) is 5.00. The van der Waals surface area contributed by atoms with E-state index in [4.69, 9.17) is 11.6 Å². The molecule has 0 aliphatic heterocycles. The van der Waals surface area contributed by atoms with Crippen molar-refractivity contribution in [3.8, 4) is 0 Å². The molecule has 24 heavy (non-hydrogen) atoms. The number of halogens is 1. The molecule has 0 fully saturated rings. The molecule has 9 heteroatoms. The van der Waals surface area contributed by atoms with Gasteiger partial charge in [-0.15, -0.1) is 0 Å². The SMILES string of the molecule is Cc1c(Cl)cc(S(=O)(=O)Nc2ccc(N(C)C)cc2)cc1[N+](=O)[O-]. The number of nitrogens with one attached hydrogen (secondary N) is 1. The van der Waals surface area contributed by atoms with Crippen LogP contribution in [0.2, 0.25) is 5.02 Å². The molecule has 0 heterocycles. The Morgan fingerprint density at radius 1 is 1.17 bits per heavy atom. The lowest BCUT2D eigenvalue weighted by molar-refractivity contribution is -0.385. The lowest BCUT2D eigenvalue weighted by atomic mass is 10.2. The van der Waals surface area contributed by atoms with Crippen LogP contribution in [0.1, 0.15) is 5.56 Å². The van der Waals surface area contributed by atoms with Crippen molar-refractivity contribution in [3.05, 3.63) is 57.1 Å². The van der Waals surface area contributed by atoms with Crippen molar-refractivity contribution in [1.82, 2.24) is 0 Å². The number of hydrogen-bond acceptors (Lipinski definition) is 5. The van der Waals surface area contributed by atoms with Gasteiger partial charge >= 0.3 is 0 Å². The molecule has 2 aromatic rings. The van der Waals surface area contributed by atoms with E-state index in [1.807, 2.05) is 19.0 Å². The highest BCUT2D eigenvalue weighted by Crippen LogP contribution is 2.30. The van der Waals surface area contributed by atoms with Crippen LogP contribution in [-0.4, -0.2) is 27.4 Å². The first-order valence-corrected chi connectivity index (χ1v) is 8.72. The van der Waals surface area contributed by atoms with Crippen molar-refractivity contribution in [2.75, 3.05) is 23.7 Å². The van der Waals surface area contributed by atoms with E-state index in [-0.39, 0.29) is 21.2 Å². The molecule has 0 radical (unpaired) electrons. The summed E-state index contributed by atoms with van der Waals surface area (Å²) < 4.78 is 27.3. The maximum Gasteiger partial charge on any atom is 0.275 e. The minimum Gasteiger partial charge on any atom is -0.378 e. The molecule has 0 aromatic heterocycles. The standard InChI is InChI=1S/C15H16ClN3O4S/c1-10-14(16)8-13(9-15(10)19(20)21)24(22,23)17-11-4-6-12(7-5-11)18(2)3/h4-9,17H,1-3H3. The molecular formula is C15H16ClN3O4S. The summed E-state index contributed by atoms with van der Waals surface area (Å²) in [5.74, 6) is 0. The Labute approximate surface area is 145 Å². The van der Waals surface area contributed by atoms with Crippen molar-refractivity contribution in [1.29, 1.82) is 0 Å². The summed E-state index contributed by atoms with van der Waals surface area (Å²) in [5, 5.41) is 11.1. The molecular weight excluding hydrogens is 354 g/mol. The zero-order chi connectivity index (χ0) is 18.1. The van der Waals surface area contributed by atoms with Crippen LogP contribution in [0, 0.1) is 17.0 Å². The van der Waals surface area contributed by atoms with Crippen LogP contribution in [0.3, 0.4) is 0 Å². The molecule has 1 N–H and O–H groups in total. The predicted octanol–water partition coefficient (Wildman–Crippen LogP) is 3.42. The summed E-state index contributed by atoms with van der Waals surface area (Å²) in [7, 11) is -0.259. The van der Waals surface area contributed by atoms with Crippen molar-refractivity contribution in [2.45, 2.75) is 11.8 Å². The second-order valence-corrected chi connectivity index (χ2v) is 7.44. The Hall–Kier alpha value is -2.32. The molecule has 128 valence electrons. The fraction of sp³-hybridized carbons (Fsp3) is 0.200. The third-order valence-corrected chi connectivity index (χ3v) is 5.19. The zero-order valence-corrected chi connectivity index (χ0v) is 14.9. The van der Waals surface area contributed by atoms with Crippen LogP contribution in [0.15, 0.2) is 41.3 Å². The van der Waals surface area contributed by atoms with Gasteiger partial charge in [-0.1, -0.05) is 11.6 Å². The van der Waals surface area contributed by atoms with Crippen LogP contribution in [0.25, 0.3) is 0 Å². The van der Waals surface area contributed by atoms with Gasteiger partial charge < -0.3 is 4.90 Å². The second kappa shape index (κ2) is 6.66. The third kappa shape index (κ3) is 3.77. The Balaban J connectivity index is 2.38. The molecule has 0 spiro atoms. The quantitative estimate of drug-likeness (QED) is 0.643. The van der Waals surface area contributed by atoms with E-state index in [1.165, 1.54) is 13.0 Å². The fourth-order valence-corrected chi connectivity index (χ4v) is 3.41. The highest BCUT2D eigenvalue weighted by Gasteiger charge is 2.22. The van der Waals surface area contributed by atoms with Gasteiger partial charge in [0.05, 0.1) is 14.8 Å². The van der Waals surface area contributed by atoms with Crippen LogP contribution < -0.4 is 9.62 Å². The van der Waals surface area contributed by atoms with Gasteiger partial charge in [0, 0.05) is 37.1 Å². The summed E-state index contributed by atoms with van der Waals surface area (Å²) in [5.41, 5.74) is 1.13. The minimum atomic E-state index is -3.99. The largest absolute Gasteiger partial charge is 0.378 e. The summed E-state index contributed by atoms with van der Waals surface area (Å²) >= 11 is 5.93. The first-order valence-electron chi connectivity index (χ1n) is 6.86. The number of sulfonamides is 1. The van der Waals surface area contributed by atoms with E-state index < -0.39 is 14.9 Å². The van der Waals surface area contributed by atoms with E-state index in [0.29, 0.717) is 5.69 Å². The first kappa shape index (κ1) is 18.0. The molecule has 0 atom stereocenters. The highest BCUT2D eigenvalue weighted by molar-refractivity contribution is 7.92. The first-order chi connectivity index (χ1) is 11.1. The maximum absolute atomic E-state index is 12.5. The van der Waals surface area contributed by atoms with Crippen molar-refractivity contribution < 1.29 is 13.3 Å². The maximum atomic E-state index is 12.5. The summed E-state index contributed by atoms with van der Waals surface area (Å²) in [4.78, 5) is 12.0. The van der Waals surface area contributed by atoms with E-state index in [9.17, 15) is 18.5 Å². The monoisotopic (exact) mass is 369 g/mol. The predicted molar refractivity (Wildman–Crippen MR) is 94.4 cm³/mol. The van der Waals surface area contributed by atoms with Crippen LogP contribution >= 0.6 is 11.6 Å². The van der Waals surface area contributed by atoms with Gasteiger partial charge in [-0.05, 0) is 37.3 Å². The van der Waals surface area contributed by atoms with Crippen molar-refractivity contribution in [2.24, 2.45) is 0 Å². The Bertz CT molecular complexity index is 880. The molecule has 0 saturated heterocycles. The summed E-state index contributed by atoms with van der Waals surface area (Å²) in [6.07, 6.45) is 0. The highest BCUT2D eigenvalue weighted by atomic mass is 35.5. The lowest BCUT2D eigenvalue weighted by Crippen LogP contribution is -2.14. The van der Waals surface area contributed by atoms with E-state index in [1.54, 1.807) is 24.3 Å². The number of anilines is 2. The van der Waals surface area contributed by atoms with Crippen LogP contribution in [-0.2, 0) is 10.0 Å². The van der Waals surface area contributed by atoms with Crippen LogP contribution in [0.4, 0.5) is 17.1 Å². The van der Waals surface area contributed by atoms with Gasteiger partial charge in [0.25, 0.3) is 15.7 Å². The number of nitro groups is 1. The number of hydrogen-bond donors (Lipinski definition) is 1. The van der Waals surface area contributed by atoms with Gasteiger partial charge in [0.15, 0.2) is 0 Å². The zero-order valence-electron chi connectivity index (χ0n) is 13.3. The minimum absolute atomic E-state index is 0.0209. The average molecular weight is 370 g/mol. The molecule has 0 aliphatic rings. The fourth-order valence-electron chi connectivity index (χ4n) is 2.03. The topological polar surface area (TPSA) is 92.6 Å². The molecule has 0 aliphatic carbocycles. The number of rotatable bonds is 5. The molecule has 0 unspecified atom stereocenters.